The summed E-state index contributed by atoms with van der Waals surface area (Å²) in [4.78, 5) is 2.13. The van der Waals surface area contributed by atoms with Gasteiger partial charge in [-0.15, -0.1) is 0 Å². The normalized spacial score (nSPS) is 15.4. The van der Waals surface area contributed by atoms with Crippen LogP contribution < -0.4 is 4.74 Å². The maximum atomic E-state index is 8.04. The van der Waals surface area contributed by atoms with E-state index in [1.54, 1.807) is 7.11 Å². The van der Waals surface area contributed by atoms with Crippen molar-refractivity contribution in [2.45, 2.75) is 12.8 Å². The molecule has 0 unspecified atom stereocenters. The fraction of sp³-hybridized carbons (Fsp3) is 0.417. The first-order valence-electron chi connectivity index (χ1n) is 5.29. The number of methoxy groups -OCH3 is 1. The van der Waals surface area contributed by atoms with E-state index in [1.807, 2.05) is 24.3 Å². The maximum absolute atomic E-state index is 8.04. The fourth-order valence-corrected chi connectivity index (χ4v) is 1.87. The third-order valence-corrected chi connectivity index (χ3v) is 2.79. The van der Waals surface area contributed by atoms with E-state index in [2.05, 4.69) is 4.90 Å². The molecule has 0 radical (unpaired) electrons. The summed E-state index contributed by atoms with van der Waals surface area (Å²) >= 11 is 0. The van der Waals surface area contributed by atoms with Crippen molar-refractivity contribution < 1.29 is 4.74 Å². The molecule has 1 saturated heterocycles. The van der Waals surface area contributed by atoms with E-state index in [-0.39, 0.29) is 0 Å². The highest BCUT2D eigenvalue weighted by atomic mass is 16.5. The van der Waals surface area contributed by atoms with E-state index in [9.17, 15) is 0 Å². The van der Waals surface area contributed by atoms with Gasteiger partial charge in [0.25, 0.3) is 0 Å². The molecule has 0 bridgehead atoms. The Hall–Kier alpha value is -1.51. The molecule has 3 heteroatoms. The van der Waals surface area contributed by atoms with Crippen LogP contribution in [0.25, 0.3) is 0 Å². The average molecular weight is 204 g/mol. The van der Waals surface area contributed by atoms with Gasteiger partial charge in [0.2, 0.25) is 0 Å². The van der Waals surface area contributed by atoms with E-state index < -0.39 is 0 Å². The van der Waals surface area contributed by atoms with Crippen molar-refractivity contribution >= 4 is 5.84 Å². The van der Waals surface area contributed by atoms with Gasteiger partial charge in [-0.05, 0) is 37.1 Å². The zero-order chi connectivity index (χ0) is 10.7. The molecular formula is C12H16N2O. The van der Waals surface area contributed by atoms with Crippen LogP contribution in [0.15, 0.2) is 24.3 Å². The van der Waals surface area contributed by atoms with Crippen molar-refractivity contribution in [3.8, 4) is 5.75 Å². The number of hydrogen-bond acceptors (Lipinski definition) is 2. The molecule has 1 aromatic carbocycles. The number of hydrogen-bond donors (Lipinski definition) is 1. The van der Waals surface area contributed by atoms with Crippen LogP contribution in [0.1, 0.15) is 18.4 Å². The smallest absolute Gasteiger partial charge is 0.128 e. The van der Waals surface area contributed by atoms with Crippen LogP contribution in [0.5, 0.6) is 5.75 Å². The first-order valence-corrected chi connectivity index (χ1v) is 5.29. The highest BCUT2D eigenvalue weighted by molar-refractivity contribution is 5.96. The third-order valence-electron chi connectivity index (χ3n) is 2.79. The monoisotopic (exact) mass is 204 g/mol. The summed E-state index contributed by atoms with van der Waals surface area (Å²) in [6.45, 7) is 2.04. The van der Waals surface area contributed by atoms with Gasteiger partial charge in [0.1, 0.15) is 11.6 Å². The summed E-state index contributed by atoms with van der Waals surface area (Å²) < 4.78 is 5.09. The maximum Gasteiger partial charge on any atom is 0.128 e. The number of nitrogens with one attached hydrogen (secondary N) is 1. The van der Waals surface area contributed by atoms with Crippen LogP contribution >= 0.6 is 0 Å². The first-order chi connectivity index (χ1) is 7.31. The van der Waals surface area contributed by atoms with Crippen molar-refractivity contribution in [3.63, 3.8) is 0 Å². The molecule has 1 aromatic rings. The lowest BCUT2D eigenvalue weighted by atomic mass is 10.2. The number of amidine groups is 1. The van der Waals surface area contributed by atoms with Gasteiger partial charge in [-0.2, -0.15) is 0 Å². The number of nitrogens with zero attached hydrogens (tertiary/aromatic N) is 1. The van der Waals surface area contributed by atoms with Crippen LogP contribution in [-0.2, 0) is 0 Å². The second-order valence-electron chi connectivity index (χ2n) is 3.77. The summed E-state index contributed by atoms with van der Waals surface area (Å²) in [5, 5.41) is 8.04. The lowest BCUT2D eigenvalue weighted by molar-refractivity contribution is 0.414. The van der Waals surface area contributed by atoms with Crippen LogP contribution in [0.4, 0.5) is 0 Å². The minimum Gasteiger partial charge on any atom is -0.497 e. The summed E-state index contributed by atoms with van der Waals surface area (Å²) in [7, 11) is 1.65. The molecule has 0 saturated carbocycles. The molecule has 1 N–H and O–H groups in total. The van der Waals surface area contributed by atoms with E-state index in [1.165, 1.54) is 12.8 Å². The Morgan fingerprint density at radius 1 is 1.20 bits per heavy atom. The molecule has 0 amide bonds. The minimum absolute atomic E-state index is 0.634. The number of benzene rings is 1. The number of ether oxygens (including phenoxy) is 1. The van der Waals surface area contributed by atoms with Crippen molar-refractivity contribution in [3.05, 3.63) is 29.8 Å². The van der Waals surface area contributed by atoms with Crippen LogP contribution in [-0.4, -0.2) is 30.9 Å². The van der Waals surface area contributed by atoms with Crippen molar-refractivity contribution in [1.82, 2.24) is 4.90 Å². The molecule has 15 heavy (non-hydrogen) atoms. The third kappa shape index (κ3) is 2.12. The lowest BCUT2D eigenvalue weighted by Crippen LogP contribution is -2.27. The highest BCUT2D eigenvalue weighted by Gasteiger charge is 2.15. The van der Waals surface area contributed by atoms with Gasteiger partial charge in [0, 0.05) is 18.7 Å². The van der Waals surface area contributed by atoms with Gasteiger partial charge in [-0.1, -0.05) is 0 Å². The van der Waals surface area contributed by atoms with Crippen LogP contribution in [0.3, 0.4) is 0 Å². The van der Waals surface area contributed by atoms with E-state index >= 15 is 0 Å². The standard InChI is InChI=1S/C12H16N2O/c1-15-11-6-4-10(5-7-11)12(13)14-8-2-3-9-14/h4-7,13H,2-3,8-9H2,1H3. The highest BCUT2D eigenvalue weighted by Crippen LogP contribution is 2.15. The Morgan fingerprint density at radius 2 is 1.80 bits per heavy atom. The van der Waals surface area contributed by atoms with Crippen LogP contribution in [0.2, 0.25) is 0 Å². The zero-order valence-corrected chi connectivity index (χ0v) is 8.99. The van der Waals surface area contributed by atoms with E-state index in [0.717, 1.165) is 24.4 Å². The zero-order valence-electron chi connectivity index (χ0n) is 8.99. The predicted molar refractivity (Wildman–Crippen MR) is 60.6 cm³/mol. The summed E-state index contributed by atoms with van der Waals surface area (Å²) in [6, 6.07) is 7.69. The SMILES string of the molecule is COc1ccc(C(=N)N2CCCC2)cc1. The molecule has 1 fully saturated rings. The predicted octanol–water partition coefficient (Wildman–Crippen LogP) is 2.12. The quantitative estimate of drug-likeness (QED) is 0.591. The van der Waals surface area contributed by atoms with E-state index in [0.29, 0.717) is 5.84 Å². The summed E-state index contributed by atoms with van der Waals surface area (Å²) in [6.07, 6.45) is 2.41. The van der Waals surface area contributed by atoms with Gasteiger partial charge in [0.05, 0.1) is 7.11 Å². The number of rotatable bonds is 2. The van der Waals surface area contributed by atoms with Crippen molar-refractivity contribution in [2.24, 2.45) is 0 Å². The Balaban J connectivity index is 2.11. The van der Waals surface area contributed by atoms with Gasteiger partial charge >= 0.3 is 0 Å². The Morgan fingerprint density at radius 3 is 2.33 bits per heavy atom. The summed E-state index contributed by atoms with van der Waals surface area (Å²) in [5.41, 5.74) is 0.970. The second-order valence-corrected chi connectivity index (χ2v) is 3.77. The second kappa shape index (κ2) is 4.34. The molecule has 0 aromatic heterocycles. The summed E-state index contributed by atoms with van der Waals surface area (Å²) in [5.74, 6) is 1.48. The topological polar surface area (TPSA) is 36.3 Å². The molecule has 0 atom stereocenters. The van der Waals surface area contributed by atoms with Crippen molar-refractivity contribution in [1.29, 1.82) is 5.41 Å². The first kappa shape index (κ1) is 10.0. The molecule has 1 heterocycles. The molecule has 2 rings (SSSR count). The van der Waals surface area contributed by atoms with Gasteiger partial charge in [-0.25, -0.2) is 0 Å². The molecule has 1 aliphatic heterocycles. The number of likely N-dealkylation sites (tertiary alicyclic amines) is 1. The van der Waals surface area contributed by atoms with Gasteiger partial charge in [0.15, 0.2) is 0 Å². The lowest BCUT2D eigenvalue weighted by Gasteiger charge is -2.18. The Kier molecular flexibility index (Phi) is 2.90. The molecule has 0 aliphatic carbocycles. The van der Waals surface area contributed by atoms with Crippen molar-refractivity contribution in [2.75, 3.05) is 20.2 Å². The molecule has 1 aliphatic rings. The minimum atomic E-state index is 0.634. The Bertz CT molecular complexity index is 339. The molecule has 3 nitrogen and oxygen atoms in total. The molecule has 0 spiro atoms. The Labute approximate surface area is 90.2 Å². The molecule has 80 valence electrons. The van der Waals surface area contributed by atoms with E-state index in [4.69, 9.17) is 10.1 Å². The largest absolute Gasteiger partial charge is 0.497 e. The van der Waals surface area contributed by atoms with Crippen LogP contribution in [0, 0.1) is 5.41 Å². The van der Waals surface area contributed by atoms with Gasteiger partial charge < -0.3 is 9.64 Å². The van der Waals surface area contributed by atoms with Gasteiger partial charge in [-0.3, -0.25) is 5.41 Å². The average Bonchev–Trinajstić information content (AvgIpc) is 2.82. The fourth-order valence-electron chi connectivity index (χ4n) is 1.87. The molecular weight excluding hydrogens is 188 g/mol.